The monoisotopic (exact) mass is 326 g/mol. The molecule has 0 saturated carbocycles. The number of carbonyl (C=O) groups excluding carboxylic acids is 1. The molecule has 1 saturated heterocycles. The number of hydrogen-bond acceptors (Lipinski definition) is 4. The first-order valence-corrected chi connectivity index (χ1v) is 8.58. The minimum atomic E-state index is -0.0376. The Hall–Kier alpha value is -2.14. The average Bonchev–Trinajstić information content (AvgIpc) is 2.62. The summed E-state index contributed by atoms with van der Waals surface area (Å²) in [6.45, 7) is 6.22. The first kappa shape index (κ1) is 16.7. The number of nitrogens with one attached hydrogen (secondary N) is 1. The maximum atomic E-state index is 12.3. The van der Waals surface area contributed by atoms with Crippen LogP contribution < -0.4 is 5.32 Å². The molecular weight excluding hydrogens is 300 g/mol. The molecular formula is C19H26N4O. The summed E-state index contributed by atoms with van der Waals surface area (Å²) in [5.41, 5.74) is 3.19. The van der Waals surface area contributed by atoms with Gasteiger partial charge in [-0.05, 0) is 25.1 Å². The molecule has 0 aliphatic carbocycles. The van der Waals surface area contributed by atoms with Crippen molar-refractivity contribution >= 4 is 11.7 Å². The fourth-order valence-electron chi connectivity index (χ4n) is 3.47. The van der Waals surface area contributed by atoms with E-state index in [0.29, 0.717) is 0 Å². The van der Waals surface area contributed by atoms with Crippen LogP contribution in [0.1, 0.15) is 23.5 Å². The minimum absolute atomic E-state index is 0.0376. The molecule has 2 aliphatic rings. The highest BCUT2D eigenvalue weighted by Gasteiger charge is 2.30. The molecule has 1 amide bonds. The molecule has 1 atom stereocenters. The fraction of sp³-hybridized carbons (Fsp3) is 0.474. The Morgan fingerprint density at radius 2 is 1.92 bits per heavy atom. The normalized spacial score (nSPS) is 22.0. The van der Waals surface area contributed by atoms with Crippen LogP contribution in [0.15, 0.2) is 41.0 Å². The van der Waals surface area contributed by atoms with Gasteiger partial charge in [0.1, 0.15) is 5.84 Å². The molecule has 0 radical (unpaired) electrons. The van der Waals surface area contributed by atoms with Gasteiger partial charge in [0.15, 0.2) is 0 Å². The van der Waals surface area contributed by atoms with Gasteiger partial charge in [0, 0.05) is 57.3 Å². The van der Waals surface area contributed by atoms with Crippen LogP contribution in [0.2, 0.25) is 0 Å². The molecule has 2 aliphatic heterocycles. The lowest BCUT2D eigenvalue weighted by molar-refractivity contribution is -0.117. The molecule has 5 heteroatoms. The predicted octanol–water partition coefficient (Wildman–Crippen LogP) is 1.76. The van der Waals surface area contributed by atoms with Gasteiger partial charge in [-0.15, -0.1) is 0 Å². The van der Waals surface area contributed by atoms with Crippen molar-refractivity contribution in [3.8, 4) is 0 Å². The number of amides is 1. The molecule has 0 spiro atoms. The molecule has 24 heavy (non-hydrogen) atoms. The van der Waals surface area contributed by atoms with Crippen molar-refractivity contribution in [2.45, 2.75) is 19.3 Å². The number of piperazine rings is 1. The van der Waals surface area contributed by atoms with Crippen LogP contribution in [0.3, 0.4) is 0 Å². The third-order valence-corrected chi connectivity index (χ3v) is 5.04. The summed E-state index contributed by atoms with van der Waals surface area (Å²) >= 11 is 0. The standard InChI is InChI=1S/C19H26N4O/c1-14-6-4-5-7-15(14)16-12-18(21-13-17(16)19(24)20-2)23-10-8-22(3)9-11-23/h4-7,13,16H,8-12H2,1-3H3,(H,20,24). The van der Waals surface area contributed by atoms with Crippen molar-refractivity contribution in [3.63, 3.8) is 0 Å². The molecule has 5 nitrogen and oxygen atoms in total. The summed E-state index contributed by atoms with van der Waals surface area (Å²) < 4.78 is 0. The van der Waals surface area contributed by atoms with E-state index in [1.165, 1.54) is 11.1 Å². The summed E-state index contributed by atoms with van der Waals surface area (Å²) in [6, 6.07) is 8.33. The van der Waals surface area contributed by atoms with Gasteiger partial charge in [0.2, 0.25) is 5.91 Å². The molecule has 3 rings (SSSR count). The second-order valence-corrected chi connectivity index (χ2v) is 6.61. The number of aliphatic imine (C=N–C) groups is 1. The number of rotatable bonds is 2. The molecule has 0 bridgehead atoms. The number of benzene rings is 1. The highest BCUT2D eigenvalue weighted by atomic mass is 16.1. The quantitative estimate of drug-likeness (QED) is 0.901. The van der Waals surface area contributed by atoms with Crippen LogP contribution >= 0.6 is 0 Å². The van der Waals surface area contributed by atoms with E-state index < -0.39 is 0 Å². The topological polar surface area (TPSA) is 47.9 Å². The zero-order valence-electron chi connectivity index (χ0n) is 14.7. The SMILES string of the molecule is CNC(=O)C1=CN=C(N2CCN(C)CC2)CC1c1ccccc1C. The van der Waals surface area contributed by atoms with Crippen LogP contribution in [0.25, 0.3) is 0 Å². The Balaban J connectivity index is 1.90. The van der Waals surface area contributed by atoms with Crippen LogP contribution in [-0.4, -0.2) is 61.8 Å². The van der Waals surface area contributed by atoms with Gasteiger partial charge in [-0.25, -0.2) is 4.99 Å². The second kappa shape index (κ2) is 7.18. The lowest BCUT2D eigenvalue weighted by Gasteiger charge is -2.37. The number of likely N-dealkylation sites (N-methyl/N-ethyl adjacent to an activating group) is 2. The first-order chi connectivity index (χ1) is 11.6. The van der Waals surface area contributed by atoms with Crippen molar-refractivity contribution in [1.29, 1.82) is 0 Å². The third-order valence-electron chi connectivity index (χ3n) is 5.04. The molecule has 1 fully saturated rings. The molecule has 0 aromatic heterocycles. The van der Waals surface area contributed by atoms with E-state index in [4.69, 9.17) is 0 Å². The zero-order valence-corrected chi connectivity index (χ0v) is 14.7. The van der Waals surface area contributed by atoms with Crippen LogP contribution in [0.4, 0.5) is 0 Å². The van der Waals surface area contributed by atoms with Crippen LogP contribution in [0.5, 0.6) is 0 Å². The summed E-state index contributed by atoms with van der Waals surface area (Å²) in [5.74, 6) is 1.13. The summed E-state index contributed by atoms with van der Waals surface area (Å²) in [7, 11) is 3.83. The van der Waals surface area contributed by atoms with Crippen molar-refractivity contribution in [1.82, 2.24) is 15.1 Å². The summed E-state index contributed by atoms with van der Waals surface area (Å²) in [4.78, 5) is 21.7. The fourth-order valence-corrected chi connectivity index (χ4v) is 3.47. The van der Waals surface area contributed by atoms with Crippen LogP contribution in [0, 0.1) is 6.92 Å². The molecule has 1 N–H and O–H groups in total. The molecule has 1 aromatic carbocycles. The Morgan fingerprint density at radius 3 is 2.58 bits per heavy atom. The van der Waals surface area contributed by atoms with Crippen molar-refractivity contribution in [3.05, 3.63) is 47.2 Å². The number of nitrogens with zero attached hydrogens (tertiary/aromatic N) is 3. The summed E-state index contributed by atoms with van der Waals surface area (Å²) in [6.07, 6.45) is 2.56. The number of carbonyl (C=O) groups is 1. The number of aryl methyl sites for hydroxylation is 1. The second-order valence-electron chi connectivity index (χ2n) is 6.61. The van der Waals surface area contributed by atoms with E-state index in [0.717, 1.165) is 44.0 Å². The van der Waals surface area contributed by atoms with E-state index in [9.17, 15) is 4.79 Å². The van der Waals surface area contributed by atoms with E-state index in [-0.39, 0.29) is 11.8 Å². The van der Waals surface area contributed by atoms with Gasteiger partial charge in [0.05, 0.1) is 0 Å². The van der Waals surface area contributed by atoms with Crippen molar-refractivity contribution < 1.29 is 4.79 Å². The van der Waals surface area contributed by atoms with Gasteiger partial charge in [-0.3, -0.25) is 4.79 Å². The number of amidine groups is 1. The largest absolute Gasteiger partial charge is 0.357 e. The Kier molecular flexibility index (Phi) is 5.00. The van der Waals surface area contributed by atoms with Gasteiger partial charge < -0.3 is 15.1 Å². The minimum Gasteiger partial charge on any atom is -0.357 e. The molecule has 1 unspecified atom stereocenters. The average molecular weight is 326 g/mol. The molecule has 1 aromatic rings. The Labute approximate surface area is 144 Å². The molecule has 128 valence electrons. The maximum Gasteiger partial charge on any atom is 0.249 e. The van der Waals surface area contributed by atoms with E-state index in [1.54, 1.807) is 13.2 Å². The highest BCUT2D eigenvalue weighted by Crippen LogP contribution is 2.34. The Morgan fingerprint density at radius 1 is 1.21 bits per heavy atom. The smallest absolute Gasteiger partial charge is 0.249 e. The lowest BCUT2D eigenvalue weighted by atomic mass is 9.84. The zero-order chi connectivity index (χ0) is 17.1. The van der Waals surface area contributed by atoms with Gasteiger partial charge in [-0.1, -0.05) is 24.3 Å². The summed E-state index contributed by atoms with van der Waals surface area (Å²) in [5, 5.41) is 2.76. The van der Waals surface area contributed by atoms with Crippen molar-refractivity contribution in [2.24, 2.45) is 4.99 Å². The highest BCUT2D eigenvalue weighted by molar-refractivity contribution is 5.98. The predicted molar refractivity (Wildman–Crippen MR) is 97.2 cm³/mol. The molecule has 2 heterocycles. The van der Waals surface area contributed by atoms with E-state index in [2.05, 4.69) is 46.2 Å². The first-order valence-electron chi connectivity index (χ1n) is 8.58. The van der Waals surface area contributed by atoms with Crippen LogP contribution in [-0.2, 0) is 4.79 Å². The third kappa shape index (κ3) is 3.36. The maximum absolute atomic E-state index is 12.3. The van der Waals surface area contributed by atoms with E-state index >= 15 is 0 Å². The van der Waals surface area contributed by atoms with E-state index in [1.807, 2.05) is 12.1 Å². The van der Waals surface area contributed by atoms with Gasteiger partial charge in [0.25, 0.3) is 0 Å². The van der Waals surface area contributed by atoms with Gasteiger partial charge >= 0.3 is 0 Å². The van der Waals surface area contributed by atoms with Gasteiger partial charge in [-0.2, -0.15) is 0 Å². The van der Waals surface area contributed by atoms with Crippen molar-refractivity contribution in [2.75, 3.05) is 40.3 Å². The number of hydrogen-bond donors (Lipinski definition) is 1. The Bertz CT molecular complexity index is 672. The lowest BCUT2D eigenvalue weighted by Crippen LogP contribution is -2.48.